The molecule has 1 unspecified atom stereocenters. The Hall–Kier alpha value is -1.45. The van der Waals surface area contributed by atoms with E-state index >= 15 is 0 Å². The van der Waals surface area contributed by atoms with Crippen molar-refractivity contribution in [2.45, 2.75) is 13.0 Å². The van der Waals surface area contributed by atoms with Gasteiger partial charge in [-0.2, -0.15) is 0 Å². The van der Waals surface area contributed by atoms with Crippen LogP contribution in [0.4, 0.5) is 0 Å². The zero-order valence-corrected chi connectivity index (χ0v) is 9.48. The fourth-order valence-corrected chi connectivity index (χ4v) is 1.98. The second kappa shape index (κ2) is 5.05. The summed E-state index contributed by atoms with van der Waals surface area (Å²) >= 11 is 0. The van der Waals surface area contributed by atoms with Crippen LogP contribution in [0.1, 0.15) is 18.5 Å². The molecule has 1 aromatic carbocycles. The lowest BCUT2D eigenvalue weighted by Gasteiger charge is -2.17. The molecule has 0 radical (unpaired) electrons. The van der Waals surface area contributed by atoms with Crippen LogP contribution in [0.15, 0.2) is 36.7 Å². The van der Waals surface area contributed by atoms with Crippen LogP contribution in [0.3, 0.4) is 0 Å². The molecule has 0 fully saturated rings. The Morgan fingerprint density at radius 3 is 2.88 bits per heavy atom. The zero-order chi connectivity index (χ0) is 11.4. The van der Waals surface area contributed by atoms with Gasteiger partial charge in [-0.3, -0.25) is 4.98 Å². The predicted molar refractivity (Wildman–Crippen MR) is 67.2 cm³/mol. The summed E-state index contributed by atoms with van der Waals surface area (Å²) in [4.78, 5) is 4.27. The van der Waals surface area contributed by atoms with Gasteiger partial charge in [0.05, 0.1) is 0 Å². The largest absolute Gasteiger partial charge is 0.329 e. The Labute approximate surface area is 95.7 Å². The third-order valence-corrected chi connectivity index (χ3v) is 2.76. The minimum Gasteiger partial charge on any atom is -0.329 e. The van der Waals surface area contributed by atoms with Gasteiger partial charge < -0.3 is 11.1 Å². The molecule has 16 heavy (non-hydrogen) atoms. The maximum absolute atomic E-state index is 5.79. The summed E-state index contributed by atoms with van der Waals surface area (Å²) in [5, 5.41) is 5.77. The van der Waals surface area contributed by atoms with Gasteiger partial charge in [-0.15, -0.1) is 0 Å². The highest BCUT2D eigenvalue weighted by Gasteiger charge is 2.11. The van der Waals surface area contributed by atoms with Crippen LogP contribution < -0.4 is 11.1 Å². The molecule has 0 aliphatic heterocycles. The number of fused-ring (bicyclic) bond motifs is 1. The van der Waals surface area contributed by atoms with Crippen molar-refractivity contribution < 1.29 is 0 Å². The number of benzene rings is 1. The van der Waals surface area contributed by atoms with Gasteiger partial charge in [0.1, 0.15) is 0 Å². The van der Waals surface area contributed by atoms with Gasteiger partial charge in [0.15, 0.2) is 0 Å². The standard InChI is InChI=1S/C13H17N3/c1-2-16-13(7-14)12-9-15-8-10-5-3-4-6-11(10)12/h3-6,8-9,13,16H,2,7,14H2,1H3. The van der Waals surface area contributed by atoms with Gasteiger partial charge in [0.2, 0.25) is 0 Å². The molecule has 1 aromatic heterocycles. The van der Waals surface area contributed by atoms with Gasteiger partial charge in [0, 0.05) is 30.4 Å². The number of rotatable bonds is 4. The van der Waals surface area contributed by atoms with Crippen molar-refractivity contribution in [2.75, 3.05) is 13.1 Å². The second-order valence-electron chi connectivity index (χ2n) is 3.80. The molecule has 1 atom stereocenters. The fourth-order valence-electron chi connectivity index (χ4n) is 1.98. The van der Waals surface area contributed by atoms with E-state index in [0.29, 0.717) is 6.54 Å². The van der Waals surface area contributed by atoms with Crippen molar-refractivity contribution in [3.8, 4) is 0 Å². The average Bonchev–Trinajstić information content (AvgIpc) is 2.35. The van der Waals surface area contributed by atoms with E-state index in [2.05, 4.69) is 29.4 Å². The number of likely N-dealkylation sites (N-methyl/N-ethyl adjacent to an activating group) is 1. The summed E-state index contributed by atoms with van der Waals surface area (Å²) < 4.78 is 0. The minimum atomic E-state index is 0.184. The molecule has 0 spiro atoms. The lowest BCUT2D eigenvalue weighted by Crippen LogP contribution is -2.28. The van der Waals surface area contributed by atoms with E-state index in [0.717, 1.165) is 11.9 Å². The Kier molecular flexibility index (Phi) is 3.49. The monoisotopic (exact) mass is 215 g/mol. The number of hydrogen-bond donors (Lipinski definition) is 2. The van der Waals surface area contributed by atoms with Gasteiger partial charge >= 0.3 is 0 Å². The summed E-state index contributed by atoms with van der Waals surface area (Å²) in [6.07, 6.45) is 3.79. The topological polar surface area (TPSA) is 50.9 Å². The molecule has 0 saturated carbocycles. The first-order chi connectivity index (χ1) is 7.86. The number of nitrogens with zero attached hydrogens (tertiary/aromatic N) is 1. The molecule has 0 aliphatic carbocycles. The number of hydrogen-bond acceptors (Lipinski definition) is 3. The third-order valence-electron chi connectivity index (χ3n) is 2.76. The Morgan fingerprint density at radius 2 is 2.12 bits per heavy atom. The average molecular weight is 215 g/mol. The van der Waals surface area contributed by atoms with Crippen LogP contribution >= 0.6 is 0 Å². The van der Waals surface area contributed by atoms with E-state index < -0.39 is 0 Å². The summed E-state index contributed by atoms with van der Waals surface area (Å²) in [6, 6.07) is 8.45. The van der Waals surface area contributed by atoms with E-state index in [9.17, 15) is 0 Å². The predicted octanol–water partition coefficient (Wildman–Crippen LogP) is 1.84. The number of nitrogens with one attached hydrogen (secondary N) is 1. The molecular weight excluding hydrogens is 198 g/mol. The molecule has 2 rings (SSSR count). The molecule has 3 nitrogen and oxygen atoms in total. The van der Waals surface area contributed by atoms with Crippen molar-refractivity contribution >= 4 is 10.8 Å². The molecule has 84 valence electrons. The highest BCUT2D eigenvalue weighted by molar-refractivity contribution is 5.85. The van der Waals surface area contributed by atoms with Crippen molar-refractivity contribution in [1.82, 2.24) is 10.3 Å². The zero-order valence-electron chi connectivity index (χ0n) is 9.48. The molecule has 0 aliphatic rings. The Bertz CT molecular complexity index is 462. The maximum atomic E-state index is 5.79. The molecule has 0 amide bonds. The van der Waals surface area contributed by atoms with Crippen molar-refractivity contribution in [3.63, 3.8) is 0 Å². The summed E-state index contributed by atoms with van der Waals surface area (Å²) in [5.74, 6) is 0. The second-order valence-corrected chi connectivity index (χ2v) is 3.80. The molecule has 0 bridgehead atoms. The lowest BCUT2D eigenvalue weighted by molar-refractivity contribution is 0.564. The van der Waals surface area contributed by atoms with E-state index in [-0.39, 0.29) is 6.04 Å². The van der Waals surface area contributed by atoms with Gasteiger partial charge in [-0.25, -0.2) is 0 Å². The van der Waals surface area contributed by atoms with Crippen LogP contribution in [0.25, 0.3) is 10.8 Å². The van der Waals surface area contributed by atoms with Crippen molar-refractivity contribution in [2.24, 2.45) is 5.73 Å². The molecule has 3 heteroatoms. The van der Waals surface area contributed by atoms with Crippen LogP contribution in [-0.4, -0.2) is 18.1 Å². The highest BCUT2D eigenvalue weighted by atomic mass is 14.9. The summed E-state index contributed by atoms with van der Waals surface area (Å²) in [5.41, 5.74) is 6.97. The molecular formula is C13H17N3. The first-order valence-electron chi connectivity index (χ1n) is 5.63. The fraction of sp³-hybridized carbons (Fsp3) is 0.308. The van der Waals surface area contributed by atoms with Crippen molar-refractivity contribution in [3.05, 3.63) is 42.2 Å². The van der Waals surface area contributed by atoms with Gasteiger partial charge in [-0.05, 0) is 17.5 Å². The molecule has 2 aromatic rings. The van der Waals surface area contributed by atoms with Crippen LogP contribution in [-0.2, 0) is 0 Å². The first kappa shape index (κ1) is 11.0. The molecule has 3 N–H and O–H groups in total. The smallest absolute Gasteiger partial charge is 0.0466 e. The molecule has 0 saturated heterocycles. The quantitative estimate of drug-likeness (QED) is 0.818. The van der Waals surface area contributed by atoms with Crippen LogP contribution in [0.2, 0.25) is 0 Å². The van der Waals surface area contributed by atoms with Crippen LogP contribution in [0, 0.1) is 0 Å². The Morgan fingerprint density at radius 1 is 1.31 bits per heavy atom. The van der Waals surface area contributed by atoms with E-state index in [4.69, 9.17) is 5.73 Å². The highest BCUT2D eigenvalue weighted by Crippen LogP contribution is 2.22. The summed E-state index contributed by atoms with van der Waals surface area (Å²) in [7, 11) is 0. The SMILES string of the molecule is CCNC(CN)c1cncc2ccccc12. The minimum absolute atomic E-state index is 0.184. The Balaban J connectivity index is 2.50. The van der Waals surface area contributed by atoms with E-state index in [1.54, 1.807) is 0 Å². The lowest BCUT2D eigenvalue weighted by atomic mass is 10.0. The number of aromatic nitrogens is 1. The number of nitrogens with two attached hydrogens (primary N) is 1. The summed E-state index contributed by atoms with van der Waals surface area (Å²) in [6.45, 7) is 3.58. The van der Waals surface area contributed by atoms with Gasteiger partial charge in [0.25, 0.3) is 0 Å². The normalized spacial score (nSPS) is 12.9. The maximum Gasteiger partial charge on any atom is 0.0466 e. The van der Waals surface area contributed by atoms with Crippen LogP contribution in [0.5, 0.6) is 0 Å². The van der Waals surface area contributed by atoms with Gasteiger partial charge in [-0.1, -0.05) is 31.2 Å². The van der Waals surface area contributed by atoms with Crippen molar-refractivity contribution in [1.29, 1.82) is 0 Å². The molecule has 1 heterocycles. The first-order valence-corrected chi connectivity index (χ1v) is 5.63. The third kappa shape index (κ3) is 2.05. The van der Waals surface area contributed by atoms with E-state index in [1.165, 1.54) is 10.9 Å². The number of pyridine rings is 1. The van der Waals surface area contributed by atoms with E-state index in [1.807, 2.05) is 24.5 Å².